The van der Waals surface area contributed by atoms with Crippen molar-refractivity contribution in [3.63, 3.8) is 0 Å². The van der Waals surface area contributed by atoms with Crippen LogP contribution in [0.5, 0.6) is 0 Å². The molecule has 2 nitrogen and oxygen atoms in total. The van der Waals surface area contributed by atoms with Gasteiger partial charge >= 0.3 is 0 Å². The Morgan fingerprint density at radius 1 is 1.00 bits per heavy atom. The summed E-state index contributed by atoms with van der Waals surface area (Å²) in [4.78, 5) is 0. The maximum Gasteiger partial charge on any atom is 0.0720 e. The van der Waals surface area contributed by atoms with Crippen LogP contribution < -0.4 is 0 Å². The largest absolute Gasteiger partial charge is 0.396 e. The van der Waals surface area contributed by atoms with Crippen LogP contribution in [0, 0.1) is 5.41 Å². The number of hydrogen-bond acceptors (Lipinski definition) is 2. The van der Waals surface area contributed by atoms with E-state index in [2.05, 4.69) is 13.8 Å². The van der Waals surface area contributed by atoms with Crippen molar-refractivity contribution in [3.8, 4) is 0 Å². The van der Waals surface area contributed by atoms with Gasteiger partial charge in [-0.05, 0) is 19.3 Å². The highest BCUT2D eigenvalue weighted by atomic mass is 16.3. The summed E-state index contributed by atoms with van der Waals surface area (Å²) in [5.41, 5.74) is -1.04. The molecule has 0 aromatic heterocycles. The molecule has 0 heterocycles. The molecule has 14 heavy (non-hydrogen) atoms. The summed E-state index contributed by atoms with van der Waals surface area (Å²) in [6.07, 6.45) is 4.35. The summed E-state index contributed by atoms with van der Waals surface area (Å²) in [6, 6.07) is 0. The molecule has 86 valence electrons. The zero-order valence-corrected chi connectivity index (χ0v) is 10.1. The molecule has 2 heteroatoms. The van der Waals surface area contributed by atoms with Gasteiger partial charge in [0.1, 0.15) is 0 Å². The van der Waals surface area contributed by atoms with Crippen LogP contribution >= 0.6 is 0 Å². The van der Waals surface area contributed by atoms with Crippen molar-refractivity contribution in [2.75, 3.05) is 6.61 Å². The Labute approximate surface area is 88.3 Å². The molecule has 0 aliphatic rings. The van der Waals surface area contributed by atoms with Gasteiger partial charge in [0.25, 0.3) is 0 Å². The molecule has 0 saturated heterocycles. The summed E-state index contributed by atoms with van der Waals surface area (Å²) >= 11 is 0. The van der Waals surface area contributed by atoms with Crippen molar-refractivity contribution >= 4 is 0 Å². The lowest BCUT2D eigenvalue weighted by atomic mass is 9.67. The zero-order chi connectivity index (χ0) is 11.2. The first kappa shape index (κ1) is 13.9. The molecule has 2 N–H and O–H groups in total. The quantitative estimate of drug-likeness (QED) is 0.666. The van der Waals surface area contributed by atoms with Gasteiger partial charge in [0.2, 0.25) is 0 Å². The molecular weight excluding hydrogens is 176 g/mol. The fraction of sp³-hybridized carbons (Fsp3) is 1.00. The van der Waals surface area contributed by atoms with Crippen molar-refractivity contribution in [1.82, 2.24) is 0 Å². The van der Waals surface area contributed by atoms with Gasteiger partial charge in [-0.3, -0.25) is 0 Å². The molecule has 0 radical (unpaired) electrons. The summed E-state index contributed by atoms with van der Waals surface area (Å²) < 4.78 is 0. The average molecular weight is 202 g/mol. The third kappa shape index (κ3) is 2.71. The van der Waals surface area contributed by atoms with E-state index in [0.717, 1.165) is 32.1 Å². The lowest BCUT2D eigenvalue weighted by Gasteiger charge is -2.44. The van der Waals surface area contributed by atoms with E-state index < -0.39 is 5.60 Å². The monoisotopic (exact) mass is 202 g/mol. The normalized spacial score (nSPS) is 20.1. The third-order valence-corrected chi connectivity index (χ3v) is 3.52. The summed E-state index contributed by atoms with van der Waals surface area (Å²) in [5, 5.41) is 20.0. The summed E-state index contributed by atoms with van der Waals surface area (Å²) in [7, 11) is 0. The zero-order valence-electron chi connectivity index (χ0n) is 10.1. The second-order valence-corrected chi connectivity index (χ2v) is 4.60. The molecule has 0 aliphatic heterocycles. The molecule has 0 bridgehead atoms. The Morgan fingerprint density at radius 2 is 1.50 bits per heavy atom. The maximum absolute atomic E-state index is 10.5. The van der Waals surface area contributed by atoms with Crippen LogP contribution in [-0.4, -0.2) is 22.4 Å². The fourth-order valence-corrected chi connectivity index (χ4v) is 2.33. The van der Waals surface area contributed by atoms with Gasteiger partial charge in [0.05, 0.1) is 12.2 Å². The van der Waals surface area contributed by atoms with Crippen molar-refractivity contribution < 1.29 is 10.2 Å². The van der Waals surface area contributed by atoms with Crippen molar-refractivity contribution in [2.24, 2.45) is 5.41 Å². The molecule has 0 fully saturated rings. The highest BCUT2D eigenvalue weighted by Gasteiger charge is 2.43. The van der Waals surface area contributed by atoms with Gasteiger partial charge in [-0.2, -0.15) is 0 Å². The minimum atomic E-state index is -0.702. The topological polar surface area (TPSA) is 40.5 Å². The van der Waals surface area contributed by atoms with E-state index in [0.29, 0.717) is 0 Å². The molecule has 0 aromatic rings. The average Bonchev–Trinajstić information content (AvgIpc) is 2.18. The Morgan fingerprint density at radius 3 is 1.79 bits per heavy atom. The molecule has 2 unspecified atom stereocenters. The van der Waals surface area contributed by atoms with Crippen LogP contribution in [0.2, 0.25) is 0 Å². The SMILES string of the molecule is CCCC(C)(CO)C(O)(CC)CCC. The number of aliphatic hydroxyl groups is 2. The molecular formula is C12H26O2. The Bertz CT molecular complexity index is 140. The first-order chi connectivity index (χ1) is 6.49. The van der Waals surface area contributed by atoms with Crippen LogP contribution in [0.3, 0.4) is 0 Å². The van der Waals surface area contributed by atoms with Crippen LogP contribution in [0.15, 0.2) is 0 Å². The van der Waals surface area contributed by atoms with Crippen molar-refractivity contribution in [2.45, 2.75) is 65.4 Å². The minimum absolute atomic E-state index is 0.0746. The van der Waals surface area contributed by atoms with E-state index in [9.17, 15) is 10.2 Å². The molecule has 0 aliphatic carbocycles. The highest BCUT2D eigenvalue weighted by Crippen LogP contribution is 2.40. The smallest absolute Gasteiger partial charge is 0.0720 e. The van der Waals surface area contributed by atoms with Gasteiger partial charge in [-0.15, -0.1) is 0 Å². The van der Waals surface area contributed by atoms with E-state index in [4.69, 9.17) is 0 Å². The first-order valence-electron chi connectivity index (χ1n) is 5.83. The van der Waals surface area contributed by atoms with Gasteiger partial charge in [-0.25, -0.2) is 0 Å². The van der Waals surface area contributed by atoms with Gasteiger partial charge in [0.15, 0.2) is 0 Å². The lowest BCUT2D eigenvalue weighted by Crippen LogP contribution is -2.48. The van der Waals surface area contributed by atoms with E-state index in [-0.39, 0.29) is 12.0 Å². The lowest BCUT2D eigenvalue weighted by molar-refractivity contribution is -0.113. The van der Waals surface area contributed by atoms with E-state index in [1.807, 2.05) is 13.8 Å². The molecule has 0 amide bonds. The summed E-state index contributed by atoms with van der Waals surface area (Å²) in [5.74, 6) is 0. The second kappa shape index (κ2) is 5.72. The van der Waals surface area contributed by atoms with E-state index >= 15 is 0 Å². The van der Waals surface area contributed by atoms with Gasteiger partial charge in [0, 0.05) is 5.41 Å². The number of aliphatic hydroxyl groups excluding tert-OH is 1. The molecule has 2 atom stereocenters. The third-order valence-electron chi connectivity index (χ3n) is 3.52. The van der Waals surface area contributed by atoms with Crippen LogP contribution in [0.4, 0.5) is 0 Å². The Balaban J connectivity index is 4.73. The minimum Gasteiger partial charge on any atom is -0.396 e. The van der Waals surface area contributed by atoms with Gasteiger partial charge in [-0.1, -0.05) is 40.5 Å². The number of rotatable bonds is 7. The Hall–Kier alpha value is -0.0800. The standard InChI is InChI=1S/C12H26O2/c1-5-8-11(4,10-13)12(14,7-3)9-6-2/h13-14H,5-10H2,1-4H3. The summed E-state index contributed by atoms with van der Waals surface area (Å²) in [6.45, 7) is 8.24. The fourth-order valence-electron chi connectivity index (χ4n) is 2.33. The maximum atomic E-state index is 10.5. The number of hydrogen-bond donors (Lipinski definition) is 2. The molecule has 0 saturated carbocycles. The van der Waals surface area contributed by atoms with Crippen molar-refractivity contribution in [3.05, 3.63) is 0 Å². The molecule has 0 aromatic carbocycles. The second-order valence-electron chi connectivity index (χ2n) is 4.60. The highest BCUT2D eigenvalue weighted by molar-refractivity contribution is 4.94. The van der Waals surface area contributed by atoms with Crippen LogP contribution in [-0.2, 0) is 0 Å². The van der Waals surface area contributed by atoms with Gasteiger partial charge < -0.3 is 10.2 Å². The van der Waals surface area contributed by atoms with E-state index in [1.165, 1.54) is 0 Å². The predicted octanol–water partition coefficient (Wildman–Crippen LogP) is 2.73. The molecule has 0 spiro atoms. The Kier molecular flexibility index (Phi) is 5.68. The first-order valence-corrected chi connectivity index (χ1v) is 5.83. The van der Waals surface area contributed by atoms with Crippen molar-refractivity contribution in [1.29, 1.82) is 0 Å². The molecule has 0 rings (SSSR count). The van der Waals surface area contributed by atoms with Crippen LogP contribution in [0.1, 0.15) is 59.8 Å². The predicted molar refractivity (Wildman–Crippen MR) is 60.2 cm³/mol. The van der Waals surface area contributed by atoms with E-state index in [1.54, 1.807) is 0 Å². The van der Waals surface area contributed by atoms with Crippen LogP contribution in [0.25, 0.3) is 0 Å².